The molecular weight excluding hydrogens is 219 g/mol. The van der Waals surface area contributed by atoms with Crippen molar-refractivity contribution in [1.29, 1.82) is 0 Å². The van der Waals surface area contributed by atoms with Crippen LogP contribution in [0.25, 0.3) is 0 Å². The average molecular weight is 231 g/mol. The minimum Gasteiger partial charge on any atom is -0.372 e. The number of alkyl halides is 3. The summed E-state index contributed by atoms with van der Waals surface area (Å²) in [6.45, 7) is 2.08. The summed E-state index contributed by atoms with van der Waals surface area (Å²) in [6.07, 6.45) is -4.58. The van der Waals surface area contributed by atoms with Gasteiger partial charge in [0, 0.05) is 0 Å². The van der Waals surface area contributed by atoms with E-state index in [4.69, 9.17) is 10.5 Å². The SMILES string of the molecule is C[C@H]1OCc2ccc(C(F)(F)F)cc2C1N. The predicted octanol–water partition coefficient (Wildman–Crippen LogP) is 2.62. The molecule has 16 heavy (non-hydrogen) atoms. The molecule has 1 aliphatic rings. The van der Waals surface area contributed by atoms with Gasteiger partial charge in [-0.05, 0) is 30.2 Å². The molecule has 1 aromatic carbocycles. The van der Waals surface area contributed by atoms with Crippen molar-refractivity contribution in [2.45, 2.75) is 31.9 Å². The number of ether oxygens (including phenoxy) is 1. The highest BCUT2D eigenvalue weighted by Gasteiger charge is 2.33. The van der Waals surface area contributed by atoms with Crippen LogP contribution in [0, 0.1) is 0 Å². The lowest BCUT2D eigenvalue weighted by atomic mass is 9.93. The van der Waals surface area contributed by atoms with Gasteiger partial charge in [-0.25, -0.2) is 0 Å². The number of hydrogen-bond donors (Lipinski definition) is 1. The van der Waals surface area contributed by atoms with E-state index in [2.05, 4.69) is 0 Å². The highest BCUT2D eigenvalue weighted by atomic mass is 19.4. The van der Waals surface area contributed by atoms with Gasteiger partial charge in [-0.1, -0.05) is 6.07 Å². The third-order valence-corrected chi connectivity index (χ3v) is 2.84. The topological polar surface area (TPSA) is 35.2 Å². The van der Waals surface area contributed by atoms with Gasteiger partial charge in [0.15, 0.2) is 0 Å². The minimum absolute atomic E-state index is 0.254. The maximum Gasteiger partial charge on any atom is 0.416 e. The second kappa shape index (κ2) is 3.75. The zero-order chi connectivity index (χ0) is 11.9. The molecule has 1 aromatic rings. The Kier molecular flexibility index (Phi) is 2.67. The Morgan fingerprint density at radius 3 is 2.69 bits per heavy atom. The Labute approximate surface area is 91.2 Å². The zero-order valence-electron chi connectivity index (χ0n) is 8.71. The second-order valence-corrected chi connectivity index (χ2v) is 3.95. The first-order chi connectivity index (χ1) is 7.39. The summed E-state index contributed by atoms with van der Waals surface area (Å²) in [5.41, 5.74) is 6.42. The Hall–Kier alpha value is -1.07. The van der Waals surface area contributed by atoms with Crippen molar-refractivity contribution in [2.75, 3.05) is 0 Å². The monoisotopic (exact) mass is 231 g/mol. The van der Waals surface area contributed by atoms with Crippen LogP contribution in [-0.4, -0.2) is 6.10 Å². The number of benzene rings is 1. The van der Waals surface area contributed by atoms with E-state index in [0.717, 1.165) is 17.7 Å². The Bertz CT molecular complexity index is 403. The van der Waals surface area contributed by atoms with Crippen molar-refractivity contribution in [3.8, 4) is 0 Å². The molecule has 0 aliphatic carbocycles. The predicted molar refractivity (Wildman–Crippen MR) is 52.6 cm³/mol. The molecule has 0 spiro atoms. The van der Waals surface area contributed by atoms with Crippen LogP contribution >= 0.6 is 0 Å². The van der Waals surface area contributed by atoms with Crippen LogP contribution in [0.1, 0.15) is 29.7 Å². The fourth-order valence-electron chi connectivity index (χ4n) is 1.79. The molecule has 2 rings (SSSR count). The maximum atomic E-state index is 12.5. The molecule has 0 saturated carbocycles. The van der Waals surface area contributed by atoms with Crippen LogP contribution in [0.5, 0.6) is 0 Å². The summed E-state index contributed by atoms with van der Waals surface area (Å²) >= 11 is 0. The van der Waals surface area contributed by atoms with E-state index in [1.807, 2.05) is 0 Å². The van der Waals surface area contributed by atoms with E-state index in [0.29, 0.717) is 12.2 Å². The lowest BCUT2D eigenvalue weighted by Crippen LogP contribution is -2.31. The first kappa shape index (κ1) is 11.4. The van der Waals surface area contributed by atoms with Crippen molar-refractivity contribution in [1.82, 2.24) is 0 Å². The molecule has 0 bridgehead atoms. The van der Waals surface area contributed by atoms with Gasteiger partial charge in [0.05, 0.1) is 24.3 Å². The van der Waals surface area contributed by atoms with Crippen molar-refractivity contribution in [2.24, 2.45) is 5.73 Å². The van der Waals surface area contributed by atoms with Gasteiger partial charge >= 0.3 is 6.18 Å². The van der Waals surface area contributed by atoms with E-state index in [9.17, 15) is 13.2 Å². The van der Waals surface area contributed by atoms with Crippen molar-refractivity contribution in [3.63, 3.8) is 0 Å². The summed E-state index contributed by atoms with van der Waals surface area (Å²) in [5, 5.41) is 0. The van der Waals surface area contributed by atoms with E-state index >= 15 is 0 Å². The van der Waals surface area contributed by atoms with E-state index in [-0.39, 0.29) is 6.10 Å². The van der Waals surface area contributed by atoms with Crippen LogP contribution < -0.4 is 5.73 Å². The van der Waals surface area contributed by atoms with Crippen molar-refractivity contribution < 1.29 is 17.9 Å². The molecule has 1 unspecified atom stereocenters. The second-order valence-electron chi connectivity index (χ2n) is 3.95. The highest BCUT2D eigenvalue weighted by molar-refractivity contribution is 5.36. The number of nitrogens with two attached hydrogens (primary N) is 1. The molecule has 1 heterocycles. The molecule has 2 atom stereocenters. The summed E-state index contributed by atoms with van der Waals surface area (Å²) in [5.74, 6) is 0. The van der Waals surface area contributed by atoms with Crippen molar-refractivity contribution in [3.05, 3.63) is 34.9 Å². The van der Waals surface area contributed by atoms with E-state index in [1.165, 1.54) is 6.07 Å². The quantitative estimate of drug-likeness (QED) is 0.744. The number of hydrogen-bond acceptors (Lipinski definition) is 2. The normalized spacial score (nSPS) is 25.3. The molecule has 0 radical (unpaired) electrons. The van der Waals surface area contributed by atoms with E-state index in [1.54, 1.807) is 6.92 Å². The number of halogens is 3. The molecular formula is C11H12F3NO. The summed E-state index contributed by atoms with van der Waals surface area (Å²) in [6, 6.07) is 3.12. The molecule has 0 amide bonds. The van der Waals surface area contributed by atoms with Gasteiger partial charge < -0.3 is 10.5 Å². The molecule has 0 aromatic heterocycles. The van der Waals surface area contributed by atoms with Crippen LogP contribution in [-0.2, 0) is 17.5 Å². The Morgan fingerprint density at radius 1 is 1.38 bits per heavy atom. The fraction of sp³-hybridized carbons (Fsp3) is 0.455. The molecule has 1 aliphatic heterocycles. The molecule has 0 saturated heterocycles. The van der Waals surface area contributed by atoms with Crippen LogP contribution in [0.2, 0.25) is 0 Å². The Morgan fingerprint density at radius 2 is 2.06 bits per heavy atom. The van der Waals surface area contributed by atoms with Crippen LogP contribution in [0.15, 0.2) is 18.2 Å². The largest absolute Gasteiger partial charge is 0.416 e. The first-order valence-corrected chi connectivity index (χ1v) is 4.97. The highest BCUT2D eigenvalue weighted by Crippen LogP contribution is 2.34. The third-order valence-electron chi connectivity index (χ3n) is 2.84. The molecule has 2 nitrogen and oxygen atoms in total. The fourth-order valence-corrected chi connectivity index (χ4v) is 1.79. The molecule has 5 heteroatoms. The van der Waals surface area contributed by atoms with Gasteiger partial charge in [0.2, 0.25) is 0 Å². The third kappa shape index (κ3) is 1.92. The zero-order valence-corrected chi connectivity index (χ0v) is 8.71. The van der Waals surface area contributed by atoms with Gasteiger partial charge in [-0.3, -0.25) is 0 Å². The molecule has 0 fully saturated rings. The lowest BCUT2D eigenvalue weighted by molar-refractivity contribution is -0.137. The average Bonchev–Trinajstić information content (AvgIpc) is 2.22. The van der Waals surface area contributed by atoms with Gasteiger partial charge in [-0.2, -0.15) is 13.2 Å². The first-order valence-electron chi connectivity index (χ1n) is 4.97. The molecule has 2 N–H and O–H groups in total. The van der Waals surface area contributed by atoms with Gasteiger partial charge in [0.25, 0.3) is 0 Å². The standard InChI is InChI=1S/C11H12F3NO/c1-6-10(15)9-4-8(11(12,13)14)3-2-7(9)5-16-6/h2-4,6,10H,5,15H2,1H3/t6-,10?/m1/s1. The Balaban J connectivity index is 2.45. The van der Waals surface area contributed by atoms with Crippen molar-refractivity contribution >= 4 is 0 Å². The number of fused-ring (bicyclic) bond motifs is 1. The van der Waals surface area contributed by atoms with E-state index < -0.39 is 17.8 Å². The molecule has 88 valence electrons. The maximum absolute atomic E-state index is 12.5. The van der Waals surface area contributed by atoms with Gasteiger partial charge in [-0.15, -0.1) is 0 Å². The minimum atomic E-state index is -4.32. The number of rotatable bonds is 0. The van der Waals surface area contributed by atoms with Crippen LogP contribution in [0.4, 0.5) is 13.2 Å². The summed E-state index contributed by atoms with van der Waals surface area (Å²) in [7, 11) is 0. The van der Waals surface area contributed by atoms with Crippen LogP contribution in [0.3, 0.4) is 0 Å². The summed E-state index contributed by atoms with van der Waals surface area (Å²) in [4.78, 5) is 0. The smallest absolute Gasteiger partial charge is 0.372 e. The lowest BCUT2D eigenvalue weighted by Gasteiger charge is -2.29. The summed E-state index contributed by atoms with van der Waals surface area (Å²) < 4.78 is 42.9. The van der Waals surface area contributed by atoms with Gasteiger partial charge in [0.1, 0.15) is 0 Å².